The van der Waals surface area contributed by atoms with Crippen molar-refractivity contribution >= 4 is 28.4 Å². The molecular formula is C21H22F2N4O2. The molecule has 2 aromatic rings. The highest BCUT2D eigenvalue weighted by atomic mass is 19.1. The smallest absolute Gasteiger partial charge is 0.296 e. The zero-order valence-corrected chi connectivity index (χ0v) is 16.1. The van der Waals surface area contributed by atoms with Gasteiger partial charge in [0.1, 0.15) is 12.0 Å². The Bertz CT molecular complexity index is 1070. The van der Waals surface area contributed by atoms with Crippen molar-refractivity contribution in [2.45, 2.75) is 44.8 Å². The van der Waals surface area contributed by atoms with E-state index >= 15 is 4.39 Å². The van der Waals surface area contributed by atoms with E-state index in [4.69, 9.17) is 5.73 Å². The molecule has 1 saturated heterocycles. The Kier molecular flexibility index (Phi) is 4.91. The van der Waals surface area contributed by atoms with Crippen LogP contribution in [0, 0.1) is 17.7 Å². The molecule has 2 amide bonds. The molecule has 1 aliphatic carbocycles. The fraction of sp³-hybridized carbons (Fsp3) is 0.429. The Balaban J connectivity index is 1.79. The fourth-order valence-electron chi connectivity index (χ4n) is 4.53. The van der Waals surface area contributed by atoms with Crippen LogP contribution in [-0.4, -0.2) is 42.1 Å². The van der Waals surface area contributed by atoms with Crippen LogP contribution in [0.2, 0.25) is 0 Å². The van der Waals surface area contributed by atoms with Crippen molar-refractivity contribution in [1.82, 2.24) is 10.3 Å². The summed E-state index contributed by atoms with van der Waals surface area (Å²) in [5, 5.41) is 3.29. The summed E-state index contributed by atoms with van der Waals surface area (Å²) in [6.07, 6.45) is 1.40. The van der Waals surface area contributed by atoms with Crippen LogP contribution in [0.3, 0.4) is 0 Å². The number of rotatable bonds is 3. The lowest BCUT2D eigenvalue weighted by atomic mass is 9.99. The van der Waals surface area contributed by atoms with Crippen molar-refractivity contribution in [3.8, 4) is 11.8 Å². The second-order valence-electron chi connectivity index (χ2n) is 7.59. The molecule has 2 atom stereocenters. The molecule has 1 fully saturated rings. The number of primary amides is 1. The number of hydrogen-bond acceptors (Lipinski definition) is 3. The molecule has 0 saturated carbocycles. The van der Waals surface area contributed by atoms with Gasteiger partial charge in [-0.1, -0.05) is 5.92 Å². The van der Waals surface area contributed by atoms with Gasteiger partial charge in [-0.15, -0.1) is 0 Å². The number of fused-ring (bicyclic) bond motifs is 3. The first-order valence-electron chi connectivity index (χ1n) is 9.67. The molecule has 0 spiro atoms. The molecule has 152 valence electrons. The third kappa shape index (κ3) is 3.41. The number of alkyl halides is 1. The van der Waals surface area contributed by atoms with Crippen LogP contribution in [0.25, 0.3) is 10.9 Å². The number of nitrogens with zero attached hydrogens (tertiary/aromatic N) is 1. The van der Waals surface area contributed by atoms with E-state index in [0.717, 1.165) is 36.6 Å². The highest BCUT2D eigenvalue weighted by Gasteiger charge is 2.33. The molecule has 0 radical (unpaired) electrons. The van der Waals surface area contributed by atoms with E-state index in [0.29, 0.717) is 10.9 Å². The van der Waals surface area contributed by atoms with Gasteiger partial charge >= 0.3 is 0 Å². The summed E-state index contributed by atoms with van der Waals surface area (Å²) in [5.74, 6) is 3.07. The number of amides is 2. The predicted molar refractivity (Wildman–Crippen MR) is 106 cm³/mol. The Morgan fingerprint density at radius 2 is 2.14 bits per heavy atom. The molecule has 4 N–H and O–H groups in total. The van der Waals surface area contributed by atoms with E-state index in [1.807, 2.05) is 0 Å². The maximum atomic E-state index is 15.2. The molecule has 0 unspecified atom stereocenters. The van der Waals surface area contributed by atoms with Crippen molar-refractivity contribution in [1.29, 1.82) is 0 Å². The van der Waals surface area contributed by atoms with Gasteiger partial charge in [0.15, 0.2) is 0 Å². The van der Waals surface area contributed by atoms with Gasteiger partial charge in [-0.25, -0.2) is 8.78 Å². The van der Waals surface area contributed by atoms with Crippen molar-refractivity contribution < 1.29 is 18.4 Å². The third-order valence-electron chi connectivity index (χ3n) is 5.60. The van der Waals surface area contributed by atoms with Gasteiger partial charge in [0.25, 0.3) is 11.8 Å². The van der Waals surface area contributed by atoms with Crippen LogP contribution >= 0.6 is 0 Å². The van der Waals surface area contributed by atoms with Gasteiger partial charge in [0.05, 0.1) is 22.8 Å². The summed E-state index contributed by atoms with van der Waals surface area (Å²) in [7, 11) is 0. The second-order valence-corrected chi connectivity index (χ2v) is 7.59. The van der Waals surface area contributed by atoms with Crippen LogP contribution in [0.4, 0.5) is 14.5 Å². The largest absolute Gasteiger partial charge is 0.366 e. The molecule has 0 bridgehead atoms. The predicted octanol–water partition coefficient (Wildman–Crippen LogP) is 1.95. The molecule has 1 aromatic heterocycles. The van der Waals surface area contributed by atoms with E-state index in [2.05, 4.69) is 22.1 Å². The van der Waals surface area contributed by atoms with Crippen molar-refractivity contribution in [3.05, 3.63) is 28.7 Å². The Morgan fingerprint density at radius 3 is 2.86 bits per heavy atom. The van der Waals surface area contributed by atoms with Gasteiger partial charge in [0.2, 0.25) is 0 Å². The van der Waals surface area contributed by atoms with Crippen molar-refractivity contribution in [2.75, 3.05) is 18.0 Å². The fourth-order valence-corrected chi connectivity index (χ4v) is 4.53. The summed E-state index contributed by atoms with van der Waals surface area (Å²) in [6, 6.07) is 0.619. The zero-order valence-electron chi connectivity index (χ0n) is 16.1. The van der Waals surface area contributed by atoms with Crippen LogP contribution in [0.5, 0.6) is 0 Å². The SMILES string of the molecule is CC#CC(=O)N[C@H]1C[C@@H](F)CN(c2c(F)cc(C(N)=O)c3[nH]c4c(c23)CCC4)C1. The quantitative estimate of drug-likeness (QED) is 0.688. The minimum absolute atomic E-state index is 0.00766. The van der Waals surface area contributed by atoms with Gasteiger partial charge in [-0.3, -0.25) is 9.59 Å². The lowest BCUT2D eigenvalue weighted by Crippen LogP contribution is -2.51. The van der Waals surface area contributed by atoms with Crippen molar-refractivity contribution in [2.24, 2.45) is 5.73 Å². The molecule has 2 heterocycles. The van der Waals surface area contributed by atoms with E-state index in [9.17, 15) is 14.0 Å². The maximum Gasteiger partial charge on any atom is 0.296 e. The number of halogens is 2. The monoisotopic (exact) mass is 400 g/mol. The van der Waals surface area contributed by atoms with Gasteiger partial charge < -0.3 is 20.9 Å². The van der Waals surface area contributed by atoms with Crippen LogP contribution in [-0.2, 0) is 17.6 Å². The Labute approximate surface area is 166 Å². The average Bonchev–Trinajstić information content (AvgIpc) is 3.22. The minimum atomic E-state index is -1.24. The molecular weight excluding hydrogens is 378 g/mol. The third-order valence-corrected chi connectivity index (χ3v) is 5.60. The lowest BCUT2D eigenvalue weighted by molar-refractivity contribution is -0.116. The number of piperidine rings is 1. The number of benzene rings is 1. The molecule has 1 aliphatic heterocycles. The number of nitrogens with two attached hydrogens (primary N) is 1. The number of hydrogen-bond donors (Lipinski definition) is 3. The maximum absolute atomic E-state index is 15.2. The number of anilines is 1. The number of carbonyl (C=O) groups is 2. The Hall–Kier alpha value is -3.08. The van der Waals surface area contributed by atoms with Crippen LogP contribution in [0.15, 0.2) is 6.07 Å². The van der Waals surface area contributed by atoms with Gasteiger partial charge in [0, 0.05) is 30.6 Å². The number of aromatic amines is 1. The lowest BCUT2D eigenvalue weighted by Gasteiger charge is -2.37. The minimum Gasteiger partial charge on any atom is -0.366 e. The normalized spacial score (nSPS) is 20.9. The molecule has 8 heteroatoms. The van der Waals surface area contributed by atoms with E-state index < -0.39 is 29.8 Å². The van der Waals surface area contributed by atoms with Gasteiger partial charge in [-0.05, 0) is 43.7 Å². The average molecular weight is 400 g/mol. The molecule has 4 rings (SSSR count). The number of carbonyl (C=O) groups excluding carboxylic acids is 2. The Morgan fingerprint density at radius 1 is 1.34 bits per heavy atom. The number of H-pyrrole nitrogens is 1. The first kappa shape index (κ1) is 19.2. The van der Waals surface area contributed by atoms with Crippen molar-refractivity contribution in [3.63, 3.8) is 0 Å². The zero-order chi connectivity index (χ0) is 20.7. The number of aromatic nitrogens is 1. The van der Waals surface area contributed by atoms with Gasteiger partial charge in [-0.2, -0.15) is 0 Å². The topological polar surface area (TPSA) is 91.2 Å². The highest BCUT2D eigenvalue weighted by molar-refractivity contribution is 6.10. The first-order valence-corrected chi connectivity index (χ1v) is 9.67. The summed E-state index contributed by atoms with van der Waals surface area (Å²) in [4.78, 5) is 28.5. The number of nitrogens with one attached hydrogen (secondary N) is 2. The second kappa shape index (κ2) is 7.39. The van der Waals surface area contributed by atoms with E-state index in [1.54, 1.807) is 11.8 Å². The summed E-state index contributed by atoms with van der Waals surface area (Å²) >= 11 is 0. The van der Waals surface area contributed by atoms with Crippen LogP contribution in [0.1, 0.15) is 41.4 Å². The van der Waals surface area contributed by atoms with E-state index in [1.165, 1.54) is 0 Å². The summed E-state index contributed by atoms with van der Waals surface area (Å²) in [5.41, 5.74) is 8.23. The number of aryl methyl sites for hydroxylation is 2. The highest BCUT2D eigenvalue weighted by Crippen LogP contribution is 2.40. The van der Waals surface area contributed by atoms with Crippen LogP contribution < -0.4 is 16.0 Å². The molecule has 1 aromatic carbocycles. The molecule has 6 nitrogen and oxygen atoms in total. The standard InChI is InChI=1S/C21H22F2N4O2/c1-2-4-17(28)25-12-7-11(22)9-27(10-12)20-15(23)8-14(21(24)29)19-18(20)13-5-3-6-16(13)26-19/h8,11-12,26H,3,5-7,9-10H2,1H3,(H2,24,29)(H,25,28)/t11-,12+/m1/s1. The summed E-state index contributed by atoms with van der Waals surface area (Å²) < 4.78 is 29.7. The molecule has 29 heavy (non-hydrogen) atoms. The molecule has 2 aliphatic rings. The summed E-state index contributed by atoms with van der Waals surface area (Å²) in [6.45, 7) is 1.80. The first-order chi connectivity index (χ1) is 13.9. The van der Waals surface area contributed by atoms with E-state index in [-0.39, 0.29) is 30.8 Å².